The molecule has 0 aromatic carbocycles. The molecule has 9 heteroatoms. The number of unbranched alkanes of at least 4 members (excludes halogenated alkanes) is 21. The van der Waals surface area contributed by atoms with Crippen LogP contribution in [0.1, 0.15) is 213 Å². The van der Waals surface area contributed by atoms with E-state index in [0.717, 1.165) is 96.3 Å². The third-order valence-electron chi connectivity index (χ3n) is 12.4. The van der Waals surface area contributed by atoms with Crippen molar-refractivity contribution in [3.05, 3.63) is 97.2 Å². The Balaban J connectivity index is 2.31. The first-order chi connectivity index (χ1) is 33.3. The number of ether oxygens (including phenoxy) is 2. The molecule has 1 saturated heterocycles. The normalized spacial score (nSPS) is 20.4. The van der Waals surface area contributed by atoms with Crippen LogP contribution in [0.15, 0.2) is 97.2 Å². The number of aliphatic hydroxyl groups excluding tert-OH is 5. The van der Waals surface area contributed by atoms with E-state index in [2.05, 4.69) is 104 Å². The van der Waals surface area contributed by atoms with Crippen LogP contribution in [0.2, 0.25) is 0 Å². The second-order valence-corrected chi connectivity index (χ2v) is 18.6. The van der Waals surface area contributed by atoms with E-state index in [1.807, 2.05) is 6.08 Å². The summed E-state index contributed by atoms with van der Waals surface area (Å²) >= 11 is 0. The van der Waals surface area contributed by atoms with Gasteiger partial charge in [0.2, 0.25) is 5.91 Å². The molecule has 0 bridgehead atoms. The first-order valence-electron chi connectivity index (χ1n) is 27.5. The van der Waals surface area contributed by atoms with Gasteiger partial charge in [0.15, 0.2) is 6.29 Å². The van der Waals surface area contributed by atoms with Gasteiger partial charge < -0.3 is 40.3 Å². The molecule has 6 N–H and O–H groups in total. The van der Waals surface area contributed by atoms with E-state index in [1.54, 1.807) is 6.08 Å². The lowest BCUT2D eigenvalue weighted by atomic mass is 9.99. The Kier molecular flexibility index (Phi) is 44.3. The molecule has 68 heavy (non-hydrogen) atoms. The Morgan fingerprint density at radius 3 is 1.41 bits per heavy atom. The highest BCUT2D eigenvalue weighted by Gasteiger charge is 2.44. The molecule has 9 nitrogen and oxygen atoms in total. The third kappa shape index (κ3) is 37.0. The Labute approximate surface area is 415 Å². The first-order valence-corrected chi connectivity index (χ1v) is 27.5. The summed E-state index contributed by atoms with van der Waals surface area (Å²) in [5.41, 5.74) is 0. The van der Waals surface area contributed by atoms with E-state index in [-0.39, 0.29) is 12.5 Å². The van der Waals surface area contributed by atoms with Crippen molar-refractivity contribution in [2.75, 3.05) is 13.2 Å². The van der Waals surface area contributed by atoms with E-state index in [9.17, 15) is 30.3 Å². The molecule has 7 unspecified atom stereocenters. The van der Waals surface area contributed by atoms with Crippen LogP contribution < -0.4 is 5.32 Å². The quantitative estimate of drug-likeness (QED) is 0.0261. The van der Waals surface area contributed by atoms with Crippen molar-refractivity contribution in [3.8, 4) is 0 Å². The van der Waals surface area contributed by atoms with Crippen LogP contribution in [0.4, 0.5) is 0 Å². The van der Waals surface area contributed by atoms with Gasteiger partial charge in [-0.15, -0.1) is 0 Å². The van der Waals surface area contributed by atoms with E-state index in [1.165, 1.54) is 96.3 Å². The number of hydrogen-bond donors (Lipinski definition) is 6. The highest BCUT2D eigenvalue weighted by atomic mass is 16.7. The average molecular weight is 952 g/mol. The van der Waals surface area contributed by atoms with Gasteiger partial charge in [0, 0.05) is 6.42 Å². The van der Waals surface area contributed by atoms with Gasteiger partial charge in [-0.2, -0.15) is 0 Å². The summed E-state index contributed by atoms with van der Waals surface area (Å²) in [4.78, 5) is 13.0. The number of aliphatic hydroxyl groups is 5. The van der Waals surface area contributed by atoms with Crippen LogP contribution in [0.3, 0.4) is 0 Å². The van der Waals surface area contributed by atoms with Gasteiger partial charge in [0.1, 0.15) is 24.4 Å². The largest absolute Gasteiger partial charge is 0.394 e. The molecular weight excluding hydrogens is 851 g/mol. The minimum absolute atomic E-state index is 0.201. The summed E-state index contributed by atoms with van der Waals surface area (Å²) in [6.07, 6.45) is 61.7. The molecule has 0 aromatic rings. The van der Waals surface area contributed by atoms with Gasteiger partial charge in [-0.1, -0.05) is 214 Å². The fourth-order valence-electron chi connectivity index (χ4n) is 8.04. The zero-order valence-electron chi connectivity index (χ0n) is 43.1. The summed E-state index contributed by atoms with van der Waals surface area (Å²) in [7, 11) is 0. The predicted octanol–water partition coefficient (Wildman–Crippen LogP) is 13.2. The molecular formula is C59H101NO8. The van der Waals surface area contributed by atoms with E-state index >= 15 is 0 Å². The number of allylic oxidation sites excluding steroid dienone is 15. The highest BCUT2D eigenvalue weighted by Crippen LogP contribution is 2.23. The average Bonchev–Trinajstić information content (AvgIpc) is 3.34. The molecule has 0 radical (unpaired) electrons. The monoisotopic (exact) mass is 952 g/mol. The molecule has 7 atom stereocenters. The maximum atomic E-state index is 13.0. The summed E-state index contributed by atoms with van der Waals surface area (Å²) in [5.74, 6) is -0.201. The summed E-state index contributed by atoms with van der Waals surface area (Å²) in [5, 5.41) is 54.4. The maximum absolute atomic E-state index is 13.0. The molecule has 1 rings (SSSR count). The van der Waals surface area contributed by atoms with Crippen molar-refractivity contribution in [2.45, 2.75) is 256 Å². The van der Waals surface area contributed by atoms with Crippen LogP contribution in [0.25, 0.3) is 0 Å². The molecule has 0 aromatic heterocycles. The zero-order chi connectivity index (χ0) is 49.4. The molecule has 390 valence electrons. The number of hydrogen-bond acceptors (Lipinski definition) is 8. The fourth-order valence-corrected chi connectivity index (χ4v) is 8.04. The number of carbonyl (C=O) groups is 1. The third-order valence-corrected chi connectivity index (χ3v) is 12.4. The molecule has 1 aliphatic heterocycles. The Morgan fingerprint density at radius 2 is 0.926 bits per heavy atom. The highest BCUT2D eigenvalue weighted by molar-refractivity contribution is 5.76. The second kappa shape index (κ2) is 47.8. The van der Waals surface area contributed by atoms with Crippen molar-refractivity contribution in [3.63, 3.8) is 0 Å². The molecule has 0 aliphatic carbocycles. The second-order valence-electron chi connectivity index (χ2n) is 18.6. The Hall–Kier alpha value is -2.89. The SMILES string of the molecule is CC/C=C\C/C=C\C/C=C\C/C=C\C/C=C\CCCCCCCCCCCC(=O)NC(COC1OC(CO)C(O)C(O)C1O)C(O)/C=C/CC/C=C/CC/C=C/CCCCCCCCCCCC. The number of nitrogens with one attached hydrogen (secondary N) is 1. The van der Waals surface area contributed by atoms with Crippen LogP contribution in [0, 0.1) is 0 Å². The first kappa shape index (κ1) is 63.1. The Bertz CT molecular complexity index is 1380. The van der Waals surface area contributed by atoms with Crippen LogP contribution >= 0.6 is 0 Å². The lowest BCUT2D eigenvalue weighted by Crippen LogP contribution is -2.60. The lowest BCUT2D eigenvalue weighted by molar-refractivity contribution is -0.302. The number of rotatable bonds is 45. The number of amides is 1. The molecule has 1 fully saturated rings. The van der Waals surface area contributed by atoms with Gasteiger partial charge in [0.05, 0.1) is 25.4 Å². The van der Waals surface area contributed by atoms with E-state index < -0.39 is 49.5 Å². The van der Waals surface area contributed by atoms with Gasteiger partial charge in [-0.05, 0) is 89.9 Å². The lowest BCUT2D eigenvalue weighted by Gasteiger charge is -2.40. The summed E-state index contributed by atoms with van der Waals surface area (Å²) in [6, 6.07) is -0.838. The van der Waals surface area contributed by atoms with Gasteiger partial charge in [-0.25, -0.2) is 0 Å². The predicted molar refractivity (Wildman–Crippen MR) is 285 cm³/mol. The number of carbonyl (C=O) groups excluding carboxylic acids is 1. The van der Waals surface area contributed by atoms with Crippen molar-refractivity contribution < 1.29 is 39.8 Å². The standard InChI is InChI=1S/C59H101NO8/c1-3-5-7-9-11-13-15-17-19-21-23-25-26-27-28-29-31-33-35-37-39-41-43-45-47-49-55(63)60-52(51-67-59-58(66)57(65)56(64)54(50-61)68-59)53(62)48-46-44-42-40-38-36-34-32-30-24-22-20-18-16-14-12-10-8-6-4-2/h5,7,11,13,17,19,23,25,27-28,30,32,38,40,46,48,52-54,56-59,61-62,64-66H,3-4,6,8-10,12,14-16,18,20-22,24,26,29,31,33-37,39,41-45,47,49-51H2,1-2H3,(H,60,63)/b7-5-,13-11-,19-17-,25-23-,28-27-,32-30+,40-38+,48-46+. The van der Waals surface area contributed by atoms with Crippen LogP contribution in [-0.4, -0.2) is 87.5 Å². The van der Waals surface area contributed by atoms with E-state index in [0.29, 0.717) is 6.42 Å². The van der Waals surface area contributed by atoms with Crippen molar-refractivity contribution in [1.82, 2.24) is 5.32 Å². The fraction of sp³-hybridized carbons (Fsp3) is 0.712. The molecule has 1 aliphatic rings. The zero-order valence-corrected chi connectivity index (χ0v) is 43.1. The molecule has 1 heterocycles. The van der Waals surface area contributed by atoms with Gasteiger partial charge in [-0.3, -0.25) is 4.79 Å². The summed E-state index contributed by atoms with van der Waals surface area (Å²) < 4.78 is 11.2. The summed E-state index contributed by atoms with van der Waals surface area (Å²) in [6.45, 7) is 3.63. The van der Waals surface area contributed by atoms with Crippen molar-refractivity contribution in [2.24, 2.45) is 0 Å². The van der Waals surface area contributed by atoms with Crippen molar-refractivity contribution >= 4 is 5.91 Å². The minimum Gasteiger partial charge on any atom is -0.394 e. The topological polar surface area (TPSA) is 149 Å². The van der Waals surface area contributed by atoms with Crippen molar-refractivity contribution in [1.29, 1.82) is 0 Å². The van der Waals surface area contributed by atoms with Crippen LogP contribution in [0.5, 0.6) is 0 Å². The van der Waals surface area contributed by atoms with Crippen LogP contribution in [-0.2, 0) is 14.3 Å². The smallest absolute Gasteiger partial charge is 0.220 e. The van der Waals surface area contributed by atoms with E-state index in [4.69, 9.17) is 9.47 Å². The van der Waals surface area contributed by atoms with Gasteiger partial charge >= 0.3 is 0 Å². The Morgan fingerprint density at radius 1 is 0.515 bits per heavy atom. The van der Waals surface area contributed by atoms with Gasteiger partial charge in [0.25, 0.3) is 0 Å². The maximum Gasteiger partial charge on any atom is 0.220 e. The minimum atomic E-state index is -1.58. The molecule has 0 spiro atoms. The molecule has 0 saturated carbocycles. The molecule has 1 amide bonds.